The highest BCUT2D eigenvalue weighted by Crippen LogP contribution is 2.22. The van der Waals surface area contributed by atoms with Crippen LogP contribution < -0.4 is 0 Å². The zero-order valence-corrected chi connectivity index (χ0v) is 18.2. The molecule has 9 heteroatoms. The van der Waals surface area contributed by atoms with Gasteiger partial charge in [0.25, 0.3) is 0 Å². The van der Waals surface area contributed by atoms with Crippen molar-refractivity contribution in [1.82, 2.24) is 19.2 Å². The van der Waals surface area contributed by atoms with Gasteiger partial charge in [0.05, 0.1) is 18.2 Å². The van der Waals surface area contributed by atoms with E-state index in [1.165, 1.54) is 0 Å². The number of rotatable bonds is 6. The second-order valence-corrected chi connectivity index (χ2v) is 10.6. The molecule has 1 aliphatic heterocycles. The average molecular weight is 429 g/mol. The predicted molar refractivity (Wildman–Crippen MR) is 111 cm³/mol. The van der Waals surface area contributed by atoms with E-state index in [-0.39, 0.29) is 17.5 Å². The van der Waals surface area contributed by atoms with Gasteiger partial charge in [0.15, 0.2) is 20.4 Å². The lowest BCUT2D eigenvalue weighted by Crippen LogP contribution is -2.40. The van der Waals surface area contributed by atoms with Gasteiger partial charge in [-0.05, 0) is 48.8 Å². The van der Waals surface area contributed by atoms with Gasteiger partial charge in [0.2, 0.25) is 0 Å². The molecule has 1 aromatic carbocycles. The van der Waals surface area contributed by atoms with Gasteiger partial charge < -0.3 is 4.57 Å². The Morgan fingerprint density at radius 2 is 2.00 bits per heavy atom. The molecule has 0 aliphatic carbocycles. The number of nitrogens with zero attached hydrogens (tertiary/aromatic N) is 4. The molecule has 1 aliphatic rings. The molecule has 0 amide bonds. The Morgan fingerprint density at radius 3 is 2.56 bits per heavy atom. The molecule has 0 bridgehead atoms. The molecule has 3 rings (SSSR count). The quantitative estimate of drug-likeness (QED) is 0.660. The van der Waals surface area contributed by atoms with Crippen molar-refractivity contribution in [3.63, 3.8) is 0 Å². The Labute approximate surface area is 170 Å². The van der Waals surface area contributed by atoms with Crippen molar-refractivity contribution in [3.8, 4) is 11.4 Å². The number of benzene rings is 1. The fourth-order valence-corrected chi connectivity index (χ4v) is 5.53. The van der Waals surface area contributed by atoms with Gasteiger partial charge in [-0.15, -0.1) is 0 Å². The average Bonchev–Trinajstić information content (AvgIpc) is 3.09. The summed E-state index contributed by atoms with van der Waals surface area (Å²) in [4.78, 5) is 2.20. The summed E-state index contributed by atoms with van der Waals surface area (Å²) in [5.74, 6) is 1.65. The zero-order valence-electron chi connectivity index (χ0n) is 15.8. The van der Waals surface area contributed by atoms with Gasteiger partial charge in [0.1, 0.15) is 0 Å². The van der Waals surface area contributed by atoms with Gasteiger partial charge in [-0.1, -0.05) is 25.4 Å². The molecular formula is C18H25ClN4O2S2. The first-order chi connectivity index (χ1) is 12.7. The highest BCUT2D eigenvalue weighted by Gasteiger charge is 2.33. The molecule has 2 aromatic rings. The second kappa shape index (κ2) is 8.03. The summed E-state index contributed by atoms with van der Waals surface area (Å²) in [5.41, 5.74) is 0.936. The maximum absolute atomic E-state index is 11.9. The third-order valence-corrected chi connectivity index (χ3v) is 7.27. The van der Waals surface area contributed by atoms with Crippen LogP contribution in [0.2, 0.25) is 5.02 Å². The lowest BCUT2D eigenvalue weighted by Gasteiger charge is -2.29. The van der Waals surface area contributed by atoms with Gasteiger partial charge in [-0.3, -0.25) is 4.90 Å². The Balaban J connectivity index is 1.89. The molecule has 1 saturated heterocycles. The first-order valence-electron chi connectivity index (χ1n) is 9.00. The Kier molecular flexibility index (Phi) is 6.10. The number of aromatic nitrogens is 3. The molecule has 0 saturated carbocycles. The van der Waals surface area contributed by atoms with Gasteiger partial charge in [0, 0.05) is 30.2 Å². The molecule has 0 spiro atoms. The van der Waals surface area contributed by atoms with Crippen molar-refractivity contribution in [1.29, 1.82) is 0 Å². The number of hydrogen-bond acceptors (Lipinski definition) is 5. The van der Waals surface area contributed by atoms with E-state index in [1.807, 2.05) is 35.9 Å². The van der Waals surface area contributed by atoms with Crippen LogP contribution in [-0.4, -0.2) is 51.8 Å². The molecule has 27 heavy (non-hydrogen) atoms. The monoisotopic (exact) mass is 428 g/mol. The molecule has 1 aromatic heterocycles. The minimum atomic E-state index is -2.94. The number of sulfone groups is 1. The lowest BCUT2D eigenvalue weighted by atomic mass is 10.1. The summed E-state index contributed by atoms with van der Waals surface area (Å²) >= 11 is 11.6. The van der Waals surface area contributed by atoms with Crippen LogP contribution in [0.15, 0.2) is 24.3 Å². The highest BCUT2D eigenvalue weighted by atomic mass is 35.5. The van der Waals surface area contributed by atoms with Crippen molar-refractivity contribution in [2.75, 3.05) is 18.1 Å². The first-order valence-corrected chi connectivity index (χ1v) is 11.6. The maximum atomic E-state index is 11.9. The Hall–Kier alpha value is -1.22. The summed E-state index contributed by atoms with van der Waals surface area (Å²) in [5, 5.41) is 5.38. The van der Waals surface area contributed by atoms with Gasteiger partial charge in [-0.25, -0.2) is 13.1 Å². The third kappa shape index (κ3) is 4.80. The standard InChI is InChI=1S/C18H25ClN4O2S2/c1-13(2)10-22(16-8-9-27(24,25)11-16)12-23-18(26)21(3)17(20-23)14-4-6-15(19)7-5-14/h4-7,13,16H,8-12H2,1-3H3. The summed E-state index contributed by atoms with van der Waals surface area (Å²) in [7, 11) is -1.05. The van der Waals surface area contributed by atoms with E-state index >= 15 is 0 Å². The smallest absolute Gasteiger partial charge is 0.199 e. The van der Waals surface area contributed by atoms with Crippen molar-refractivity contribution >= 4 is 33.7 Å². The molecule has 1 fully saturated rings. The van der Waals surface area contributed by atoms with Crippen LogP contribution >= 0.6 is 23.8 Å². The molecule has 0 radical (unpaired) electrons. The highest BCUT2D eigenvalue weighted by molar-refractivity contribution is 7.91. The van der Waals surface area contributed by atoms with Crippen LogP contribution in [0.1, 0.15) is 20.3 Å². The predicted octanol–water partition coefficient (Wildman–Crippen LogP) is 3.37. The zero-order chi connectivity index (χ0) is 19.8. The molecule has 2 heterocycles. The SMILES string of the molecule is CC(C)CN(Cn1nc(-c2ccc(Cl)cc2)n(C)c1=S)C1CCS(=O)(=O)C1. The molecule has 0 N–H and O–H groups in total. The van der Waals surface area contributed by atoms with Gasteiger partial charge in [-0.2, -0.15) is 5.10 Å². The summed E-state index contributed by atoms with van der Waals surface area (Å²) < 4.78 is 28.1. The summed E-state index contributed by atoms with van der Waals surface area (Å²) in [6.07, 6.45) is 0.666. The van der Waals surface area contributed by atoms with Crippen LogP contribution in [0.5, 0.6) is 0 Å². The van der Waals surface area contributed by atoms with E-state index < -0.39 is 9.84 Å². The first kappa shape index (κ1) is 20.5. The normalized spacial score (nSPS) is 19.3. The largest absolute Gasteiger partial charge is 0.303 e. The minimum Gasteiger partial charge on any atom is -0.303 e. The lowest BCUT2D eigenvalue weighted by molar-refractivity contribution is 0.137. The van der Waals surface area contributed by atoms with Gasteiger partial charge >= 0.3 is 0 Å². The van der Waals surface area contributed by atoms with E-state index in [9.17, 15) is 8.42 Å². The number of halogens is 1. The molecular weight excluding hydrogens is 404 g/mol. The fraction of sp³-hybridized carbons (Fsp3) is 0.556. The van der Waals surface area contributed by atoms with E-state index in [4.69, 9.17) is 28.9 Å². The molecule has 1 unspecified atom stereocenters. The van der Waals surface area contributed by atoms with Crippen molar-refractivity contribution in [2.24, 2.45) is 13.0 Å². The number of hydrogen-bond donors (Lipinski definition) is 0. The Bertz CT molecular complexity index is 964. The fourth-order valence-electron chi connectivity index (χ4n) is 3.46. The van der Waals surface area contributed by atoms with Crippen LogP contribution in [0.25, 0.3) is 11.4 Å². The third-order valence-electron chi connectivity index (χ3n) is 4.78. The second-order valence-electron chi connectivity index (χ2n) is 7.54. The van der Waals surface area contributed by atoms with Crippen molar-refractivity contribution in [3.05, 3.63) is 34.1 Å². The summed E-state index contributed by atoms with van der Waals surface area (Å²) in [6.45, 7) is 5.55. The van der Waals surface area contributed by atoms with Crippen LogP contribution in [-0.2, 0) is 23.6 Å². The topological polar surface area (TPSA) is 60.1 Å². The van der Waals surface area contributed by atoms with E-state index in [0.717, 1.165) is 17.9 Å². The van der Waals surface area contributed by atoms with E-state index in [0.29, 0.717) is 28.8 Å². The van der Waals surface area contributed by atoms with Crippen LogP contribution in [0, 0.1) is 10.7 Å². The molecule has 1 atom stereocenters. The van der Waals surface area contributed by atoms with E-state index in [2.05, 4.69) is 18.7 Å². The Morgan fingerprint density at radius 1 is 1.33 bits per heavy atom. The molecule has 148 valence electrons. The molecule has 6 nitrogen and oxygen atoms in total. The van der Waals surface area contributed by atoms with Crippen LogP contribution in [0.3, 0.4) is 0 Å². The van der Waals surface area contributed by atoms with Crippen molar-refractivity contribution < 1.29 is 8.42 Å². The van der Waals surface area contributed by atoms with E-state index in [1.54, 1.807) is 4.68 Å². The van der Waals surface area contributed by atoms with Crippen molar-refractivity contribution in [2.45, 2.75) is 33.0 Å². The summed E-state index contributed by atoms with van der Waals surface area (Å²) in [6, 6.07) is 7.50. The minimum absolute atomic E-state index is 0.0142. The maximum Gasteiger partial charge on any atom is 0.199 e. The van der Waals surface area contributed by atoms with Crippen LogP contribution in [0.4, 0.5) is 0 Å².